The van der Waals surface area contributed by atoms with Gasteiger partial charge < -0.3 is 4.90 Å². The Bertz CT molecular complexity index is 966. The molecule has 0 radical (unpaired) electrons. The van der Waals surface area contributed by atoms with Crippen LogP contribution >= 0.6 is 15.9 Å². The molecule has 1 aliphatic heterocycles. The van der Waals surface area contributed by atoms with E-state index >= 15 is 0 Å². The summed E-state index contributed by atoms with van der Waals surface area (Å²) in [6.07, 6.45) is 2.58. The number of pyridine rings is 1. The first-order valence-electron chi connectivity index (χ1n) is 8.29. The second kappa shape index (κ2) is 7.77. The molecule has 0 saturated carbocycles. The molecule has 9 heteroatoms. The Labute approximate surface area is 166 Å². The van der Waals surface area contributed by atoms with Gasteiger partial charge in [0.1, 0.15) is 4.90 Å². The van der Waals surface area contributed by atoms with Crippen LogP contribution in [0.5, 0.6) is 0 Å². The number of sulfonamides is 1. The normalized spacial score (nSPS) is 18.4. The summed E-state index contributed by atoms with van der Waals surface area (Å²) in [6.45, 7) is 2.06. The quantitative estimate of drug-likeness (QED) is 0.751. The highest BCUT2D eigenvalue weighted by molar-refractivity contribution is 9.10. The number of carbonyl (C=O) groups is 2. The Balaban J connectivity index is 1.70. The Kier molecular flexibility index (Phi) is 5.61. The molecule has 1 aromatic heterocycles. The fourth-order valence-electron chi connectivity index (χ4n) is 3.01. The molecule has 2 heterocycles. The Morgan fingerprint density at radius 1 is 1.30 bits per heavy atom. The molecule has 2 aromatic rings. The van der Waals surface area contributed by atoms with E-state index in [1.807, 2.05) is 37.3 Å². The number of hydrogen-bond acceptors (Lipinski definition) is 5. The maximum atomic E-state index is 12.5. The summed E-state index contributed by atoms with van der Waals surface area (Å²) in [4.78, 5) is 30.1. The van der Waals surface area contributed by atoms with E-state index in [0.717, 1.165) is 11.8 Å². The summed E-state index contributed by atoms with van der Waals surface area (Å²) >= 11 is 3.15. The number of halogens is 1. The zero-order valence-electron chi connectivity index (χ0n) is 14.5. The van der Waals surface area contributed by atoms with Crippen LogP contribution in [0.3, 0.4) is 0 Å². The van der Waals surface area contributed by atoms with Crippen molar-refractivity contribution in [1.29, 1.82) is 0 Å². The summed E-state index contributed by atoms with van der Waals surface area (Å²) in [6, 6.07) is 10.6. The van der Waals surface area contributed by atoms with Gasteiger partial charge in [0.25, 0.3) is 10.0 Å². The summed E-state index contributed by atoms with van der Waals surface area (Å²) in [7, 11) is -4.05. The number of nitrogens with zero attached hydrogens (tertiary/aromatic N) is 2. The van der Waals surface area contributed by atoms with E-state index < -0.39 is 21.8 Å². The number of nitrogens with one attached hydrogen (secondary N) is 1. The predicted molar refractivity (Wildman–Crippen MR) is 102 cm³/mol. The van der Waals surface area contributed by atoms with Crippen molar-refractivity contribution in [1.82, 2.24) is 14.6 Å². The van der Waals surface area contributed by atoms with E-state index in [4.69, 9.17) is 0 Å². The van der Waals surface area contributed by atoms with Gasteiger partial charge >= 0.3 is 0 Å². The lowest BCUT2D eigenvalue weighted by Gasteiger charge is -2.25. The van der Waals surface area contributed by atoms with Gasteiger partial charge in [0.05, 0.1) is 12.0 Å². The minimum atomic E-state index is -4.05. The average molecular weight is 452 g/mol. The third-order valence-electron chi connectivity index (χ3n) is 4.50. The van der Waals surface area contributed by atoms with Crippen LogP contribution in [0, 0.1) is 5.92 Å². The summed E-state index contributed by atoms with van der Waals surface area (Å²) in [5.41, 5.74) is 0.958. The third kappa shape index (κ3) is 4.36. The minimum absolute atomic E-state index is 0.0186. The van der Waals surface area contributed by atoms with Gasteiger partial charge in [-0.25, -0.2) is 13.1 Å². The number of benzene rings is 1. The summed E-state index contributed by atoms with van der Waals surface area (Å²) in [5, 5.41) is 0. The van der Waals surface area contributed by atoms with Gasteiger partial charge in [0.15, 0.2) is 0 Å². The highest BCUT2D eigenvalue weighted by atomic mass is 79.9. The van der Waals surface area contributed by atoms with E-state index in [0.29, 0.717) is 4.47 Å². The van der Waals surface area contributed by atoms with Gasteiger partial charge in [-0.15, -0.1) is 0 Å². The van der Waals surface area contributed by atoms with Crippen LogP contribution in [0.4, 0.5) is 0 Å². The molecule has 3 rings (SSSR count). The average Bonchev–Trinajstić information content (AvgIpc) is 3.03. The smallest absolute Gasteiger partial charge is 0.265 e. The lowest BCUT2D eigenvalue weighted by Crippen LogP contribution is -2.37. The zero-order chi connectivity index (χ0) is 19.6. The lowest BCUT2D eigenvalue weighted by molar-refractivity contribution is -0.130. The second-order valence-corrected chi connectivity index (χ2v) is 8.94. The molecule has 0 spiro atoms. The lowest BCUT2D eigenvalue weighted by atomic mass is 10.1. The number of likely N-dealkylation sites (tertiary alicyclic amines) is 1. The van der Waals surface area contributed by atoms with Gasteiger partial charge in [0, 0.05) is 29.8 Å². The van der Waals surface area contributed by atoms with E-state index in [9.17, 15) is 18.0 Å². The Morgan fingerprint density at radius 3 is 2.67 bits per heavy atom. The van der Waals surface area contributed by atoms with Crippen LogP contribution in [0.15, 0.2) is 58.2 Å². The van der Waals surface area contributed by atoms with Crippen LogP contribution in [-0.2, 0) is 19.6 Å². The number of rotatable bonds is 5. The molecule has 2 unspecified atom stereocenters. The topological polar surface area (TPSA) is 96.4 Å². The highest BCUT2D eigenvalue weighted by Crippen LogP contribution is 2.28. The molecular formula is C18H18BrN3O4S. The van der Waals surface area contributed by atoms with Crippen molar-refractivity contribution in [2.45, 2.75) is 24.3 Å². The van der Waals surface area contributed by atoms with Gasteiger partial charge in [-0.05, 0) is 34.5 Å². The van der Waals surface area contributed by atoms with Crippen molar-refractivity contribution in [3.63, 3.8) is 0 Å². The van der Waals surface area contributed by atoms with Crippen LogP contribution in [0.1, 0.15) is 24.9 Å². The zero-order valence-corrected chi connectivity index (χ0v) is 16.9. The fourth-order valence-corrected chi connectivity index (χ4v) is 4.55. The maximum Gasteiger partial charge on any atom is 0.265 e. The number of carbonyl (C=O) groups excluding carboxylic acids is 2. The number of hydrogen-bond donors (Lipinski definition) is 1. The molecular weight excluding hydrogens is 434 g/mol. The molecule has 1 saturated heterocycles. The molecule has 1 fully saturated rings. The van der Waals surface area contributed by atoms with Crippen molar-refractivity contribution in [2.75, 3.05) is 6.54 Å². The number of aromatic nitrogens is 1. The van der Waals surface area contributed by atoms with Crippen LogP contribution < -0.4 is 4.72 Å². The second-order valence-electron chi connectivity index (χ2n) is 6.34. The molecule has 2 amide bonds. The van der Waals surface area contributed by atoms with Crippen molar-refractivity contribution in [3.8, 4) is 0 Å². The van der Waals surface area contributed by atoms with Gasteiger partial charge in [-0.3, -0.25) is 14.6 Å². The predicted octanol–water partition coefficient (Wildman–Crippen LogP) is 2.26. The first-order chi connectivity index (χ1) is 12.8. The fraction of sp³-hybridized carbons (Fsp3) is 0.278. The number of amides is 2. The minimum Gasteiger partial charge on any atom is -0.335 e. The van der Waals surface area contributed by atoms with Crippen LogP contribution in [0.2, 0.25) is 0 Å². The van der Waals surface area contributed by atoms with Crippen molar-refractivity contribution in [3.05, 3.63) is 58.8 Å². The molecule has 27 heavy (non-hydrogen) atoms. The highest BCUT2D eigenvalue weighted by Gasteiger charge is 2.38. The van der Waals surface area contributed by atoms with Gasteiger partial charge in [0.2, 0.25) is 11.8 Å². The largest absolute Gasteiger partial charge is 0.335 e. The van der Waals surface area contributed by atoms with Crippen LogP contribution in [-0.4, -0.2) is 36.7 Å². The van der Waals surface area contributed by atoms with E-state index in [2.05, 4.69) is 25.6 Å². The van der Waals surface area contributed by atoms with Crippen molar-refractivity contribution < 1.29 is 18.0 Å². The summed E-state index contributed by atoms with van der Waals surface area (Å²) < 4.78 is 27.3. The van der Waals surface area contributed by atoms with E-state index in [1.165, 1.54) is 12.3 Å². The summed E-state index contributed by atoms with van der Waals surface area (Å²) in [5.74, 6) is -1.59. The maximum absolute atomic E-state index is 12.5. The molecule has 7 nitrogen and oxygen atoms in total. The Hall–Kier alpha value is -2.26. The first-order valence-corrected chi connectivity index (χ1v) is 10.6. The molecule has 1 aliphatic rings. The Morgan fingerprint density at radius 2 is 2.00 bits per heavy atom. The van der Waals surface area contributed by atoms with Crippen LogP contribution in [0.25, 0.3) is 0 Å². The van der Waals surface area contributed by atoms with E-state index in [-0.39, 0.29) is 29.8 Å². The molecule has 1 aromatic carbocycles. The standard InChI is InChI=1S/C18H18BrN3O4S/c1-12(13-5-3-2-4-6-13)22-11-14(7-17(22)23)18(24)21-27(25,26)16-8-15(19)9-20-10-16/h2-6,8-10,12,14H,7,11H2,1H3,(H,21,24). The van der Waals surface area contributed by atoms with Crippen molar-refractivity contribution in [2.24, 2.45) is 5.92 Å². The molecule has 0 aliphatic carbocycles. The molecule has 0 bridgehead atoms. The SMILES string of the molecule is CC(c1ccccc1)N1CC(C(=O)NS(=O)(=O)c2cncc(Br)c2)CC1=O. The van der Waals surface area contributed by atoms with E-state index in [1.54, 1.807) is 4.90 Å². The first kappa shape index (κ1) is 19.5. The van der Waals surface area contributed by atoms with Crippen molar-refractivity contribution >= 4 is 37.8 Å². The third-order valence-corrected chi connectivity index (χ3v) is 6.25. The molecule has 2 atom stereocenters. The monoisotopic (exact) mass is 451 g/mol. The molecule has 1 N–H and O–H groups in total. The van der Waals surface area contributed by atoms with Gasteiger partial charge in [-0.2, -0.15) is 0 Å². The van der Waals surface area contributed by atoms with Gasteiger partial charge in [-0.1, -0.05) is 30.3 Å². The molecule has 142 valence electrons.